The first-order chi connectivity index (χ1) is 16.2. The monoisotopic (exact) mass is 470 g/mol. The Morgan fingerprint density at radius 1 is 1.09 bits per heavy atom. The highest BCUT2D eigenvalue weighted by molar-refractivity contribution is 6.08. The summed E-state index contributed by atoms with van der Waals surface area (Å²) in [5, 5.41) is 2.93. The largest absolute Gasteiger partial charge is 0.492 e. The first kappa shape index (κ1) is 24.1. The molecule has 0 bridgehead atoms. The van der Waals surface area contributed by atoms with Gasteiger partial charge >= 0.3 is 0 Å². The Morgan fingerprint density at radius 2 is 1.76 bits per heavy atom. The molecule has 4 rings (SSSR count). The third kappa shape index (κ3) is 4.78. The van der Waals surface area contributed by atoms with Gasteiger partial charge in [0.05, 0.1) is 43.4 Å². The van der Waals surface area contributed by atoms with Gasteiger partial charge in [0.1, 0.15) is 17.3 Å². The minimum Gasteiger partial charge on any atom is -0.492 e. The Morgan fingerprint density at radius 3 is 2.44 bits per heavy atom. The molecular weight excluding hydrogens is 436 g/mol. The van der Waals surface area contributed by atoms with Gasteiger partial charge in [-0.3, -0.25) is 9.59 Å². The van der Waals surface area contributed by atoms with E-state index in [0.29, 0.717) is 73.3 Å². The maximum Gasteiger partial charge on any atom is 0.291 e. The minimum atomic E-state index is -0.417. The fourth-order valence-electron chi connectivity index (χ4n) is 4.72. The highest BCUT2D eigenvalue weighted by Crippen LogP contribution is 2.41. The van der Waals surface area contributed by atoms with Crippen LogP contribution < -0.4 is 19.7 Å². The minimum absolute atomic E-state index is 0.0232. The van der Waals surface area contributed by atoms with E-state index in [9.17, 15) is 9.59 Å². The van der Waals surface area contributed by atoms with Crippen molar-refractivity contribution >= 4 is 23.1 Å². The highest BCUT2D eigenvalue weighted by Gasteiger charge is 2.37. The van der Waals surface area contributed by atoms with E-state index in [0.717, 1.165) is 18.8 Å². The number of Topliss-reactive ketones (excluding diaryl/α,β-unsaturated/α-hetero) is 1. The smallest absolute Gasteiger partial charge is 0.291 e. The van der Waals surface area contributed by atoms with E-state index in [1.807, 2.05) is 33.8 Å². The molecule has 1 aliphatic carbocycles. The molecule has 1 N–H and O–H groups in total. The second-order valence-corrected chi connectivity index (χ2v) is 9.53. The van der Waals surface area contributed by atoms with Gasteiger partial charge in [0.2, 0.25) is 0 Å². The summed E-state index contributed by atoms with van der Waals surface area (Å²) in [6.45, 7) is 13.4. The van der Waals surface area contributed by atoms with E-state index < -0.39 is 5.91 Å². The quantitative estimate of drug-likeness (QED) is 0.631. The number of carbonyl (C=O) groups is 2. The van der Waals surface area contributed by atoms with Crippen LogP contribution in [0.25, 0.3) is 0 Å². The number of nitrogens with one attached hydrogen (secondary N) is 1. The van der Waals surface area contributed by atoms with Crippen LogP contribution in [0.15, 0.2) is 16.5 Å². The van der Waals surface area contributed by atoms with E-state index in [1.54, 1.807) is 13.0 Å². The molecule has 0 saturated carbocycles. The molecule has 8 heteroatoms. The zero-order valence-electron chi connectivity index (χ0n) is 20.7. The number of hydrogen-bond acceptors (Lipinski definition) is 7. The molecule has 1 aliphatic heterocycles. The molecule has 1 amide bonds. The van der Waals surface area contributed by atoms with E-state index in [1.165, 1.54) is 0 Å². The van der Waals surface area contributed by atoms with E-state index in [4.69, 9.17) is 18.6 Å². The first-order valence-electron chi connectivity index (χ1n) is 12.0. The van der Waals surface area contributed by atoms with Crippen molar-refractivity contribution in [3.05, 3.63) is 34.8 Å². The molecule has 1 fully saturated rings. The highest BCUT2D eigenvalue weighted by atomic mass is 16.5. The molecule has 34 heavy (non-hydrogen) atoms. The maximum atomic E-state index is 13.3. The van der Waals surface area contributed by atoms with Gasteiger partial charge in [0, 0.05) is 43.6 Å². The number of carbonyl (C=O) groups excluding carboxylic acids is 2. The summed E-state index contributed by atoms with van der Waals surface area (Å²) in [5.41, 5.74) is 2.34. The number of morpholine rings is 1. The van der Waals surface area contributed by atoms with Crippen molar-refractivity contribution in [2.24, 2.45) is 5.41 Å². The van der Waals surface area contributed by atoms with E-state index in [2.05, 4.69) is 10.2 Å². The molecule has 1 saturated heterocycles. The molecule has 1 aromatic carbocycles. The number of benzene rings is 1. The molecule has 0 radical (unpaired) electrons. The molecule has 0 atom stereocenters. The average molecular weight is 471 g/mol. The van der Waals surface area contributed by atoms with Gasteiger partial charge in [0.25, 0.3) is 5.91 Å². The lowest BCUT2D eigenvalue weighted by molar-refractivity contribution is 0.0898. The van der Waals surface area contributed by atoms with Crippen molar-refractivity contribution in [1.82, 2.24) is 0 Å². The molecule has 2 heterocycles. The zero-order chi connectivity index (χ0) is 24.5. The lowest BCUT2D eigenvalue weighted by atomic mass is 9.76. The Labute approximate surface area is 200 Å². The normalized spacial score (nSPS) is 17.3. The number of ether oxygens (including phenoxy) is 3. The Hall–Kier alpha value is -3.00. The van der Waals surface area contributed by atoms with Crippen molar-refractivity contribution in [3.63, 3.8) is 0 Å². The van der Waals surface area contributed by atoms with Crippen LogP contribution in [0.3, 0.4) is 0 Å². The van der Waals surface area contributed by atoms with Crippen molar-refractivity contribution in [3.8, 4) is 11.5 Å². The number of fused-ring (bicyclic) bond motifs is 1. The van der Waals surface area contributed by atoms with Crippen LogP contribution in [0.4, 0.5) is 11.4 Å². The summed E-state index contributed by atoms with van der Waals surface area (Å²) in [6, 6.07) is 3.70. The van der Waals surface area contributed by atoms with E-state index >= 15 is 0 Å². The topological polar surface area (TPSA) is 90.2 Å². The van der Waals surface area contributed by atoms with Gasteiger partial charge in [-0.15, -0.1) is 0 Å². The SMILES string of the molecule is CCOc1cc(N2CCOCC2)c(OCC)cc1NC(=O)c1oc2c(c1C)C(=O)CC(C)(C)C2. The lowest BCUT2D eigenvalue weighted by Gasteiger charge is -2.31. The first-order valence-corrected chi connectivity index (χ1v) is 12.0. The summed E-state index contributed by atoms with van der Waals surface area (Å²) < 4.78 is 23.2. The summed E-state index contributed by atoms with van der Waals surface area (Å²) >= 11 is 0. The molecule has 2 aliphatic rings. The van der Waals surface area contributed by atoms with Gasteiger partial charge in [-0.05, 0) is 26.2 Å². The van der Waals surface area contributed by atoms with Gasteiger partial charge < -0.3 is 28.8 Å². The molecule has 184 valence electrons. The predicted octanol–water partition coefficient (Wildman–Crippen LogP) is 4.63. The molecule has 8 nitrogen and oxygen atoms in total. The second kappa shape index (κ2) is 9.70. The Bertz CT molecular complexity index is 1080. The van der Waals surface area contributed by atoms with Crippen LogP contribution in [0.5, 0.6) is 11.5 Å². The van der Waals surface area contributed by atoms with Gasteiger partial charge in [0.15, 0.2) is 11.5 Å². The lowest BCUT2D eigenvalue weighted by Crippen LogP contribution is -2.36. The third-order valence-corrected chi connectivity index (χ3v) is 6.24. The standard InChI is InChI=1S/C26H34N2O6/c1-6-32-20-13-18(28-8-10-31-11-9-28)21(33-7-2)12-17(20)27-25(30)24-16(3)23-19(29)14-26(4,5)15-22(23)34-24/h12-13H,6-11,14-15H2,1-5H3,(H,27,30). The van der Waals surface area contributed by atoms with Crippen molar-refractivity contribution in [1.29, 1.82) is 0 Å². The van der Waals surface area contributed by atoms with Crippen LogP contribution in [0, 0.1) is 12.3 Å². The number of ketones is 1. The Balaban J connectivity index is 1.67. The van der Waals surface area contributed by atoms with Crippen LogP contribution in [0.1, 0.15) is 66.4 Å². The summed E-state index contributed by atoms with van der Waals surface area (Å²) in [6.07, 6.45) is 1.06. The number of rotatable bonds is 7. The fraction of sp³-hybridized carbons (Fsp3) is 0.538. The fourth-order valence-corrected chi connectivity index (χ4v) is 4.72. The molecule has 0 unspecified atom stereocenters. The van der Waals surface area contributed by atoms with Crippen molar-refractivity contribution in [2.45, 2.75) is 47.5 Å². The molecular formula is C26H34N2O6. The van der Waals surface area contributed by atoms with Crippen LogP contribution in [-0.2, 0) is 11.2 Å². The summed E-state index contributed by atoms with van der Waals surface area (Å²) in [7, 11) is 0. The van der Waals surface area contributed by atoms with Crippen LogP contribution in [-0.4, -0.2) is 51.2 Å². The van der Waals surface area contributed by atoms with Gasteiger partial charge in [-0.2, -0.15) is 0 Å². The van der Waals surface area contributed by atoms with E-state index in [-0.39, 0.29) is 17.0 Å². The van der Waals surface area contributed by atoms with Crippen LogP contribution >= 0.6 is 0 Å². The third-order valence-electron chi connectivity index (χ3n) is 6.24. The average Bonchev–Trinajstić information content (AvgIpc) is 3.11. The molecule has 0 spiro atoms. The maximum absolute atomic E-state index is 13.3. The summed E-state index contributed by atoms with van der Waals surface area (Å²) in [5.74, 6) is 1.57. The zero-order valence-corrected chi connectivity index (χ0v) is 20.7. The van der Waals surface area contributed by atoms with Crippen LogP contribution in [0.2, 0.25) is 0 Å². The predicted molar refractivity (Wildman–Crippen MR) is 130 cm³/mol. The Kier molecular flexibility index (Phi) is 6.89. The van der Waals surface area contributed by atoms with Crippen molar-refractivity contribution < 1.29 is 28.2 Å². The summed E-state index contributed by atoms with van der Waals surface area (Å²) in [4.78, 5) is 28.2. The number of furan rings is 1. The van der Waals surface area contributed by atoms with Crippen molar-refractivity contribution in [2.75, 3.05) is 49.7 Å². The second-order valence-electron chi connectivity index (χ2n) is 9.53. The van der Waals surface area contributed by atoms with Gasteiger partial charge in [-0.1, -0.05) is 13.8 Å². The number of amides is 1. The number of anilines is 2. The number of hydrogen-bond donors (Lipinski definition) is 1. The number of nitrogens with zero attached hydrogens (tertiary/aromatic N) is 1. The van der Waals surface area contributed by atoms with Gasteiger partial charge in [-0.25, -0.2) is 0 Å². The molecule has 2 aromatic rings. The molecule has 1 aromatic heterocycles.